The van der Waals surface area contributed by atoms with E-state index in [2.05, 4.69) is 34.4 Å². The van der Waals surface area contributed by atoms with Crippen LogP contribution >= 0.6 is 24.0 Å². The Kier molecular flexibility index (Phi) is 8.35. The number of nitrogens with zero attached hydrogens (tertiary/aromatic N) is 2. The quantitative estimate of drug-likeness (QED) is 0.332. The van der Waals surface area contributed by atoms with Gasteiger partial charge in [0, 0.05) is 31.5 Å². The molecule has 0 saturated carbocycles. The van der Waals surface area contributed by atoms with Crippen molar-refractivity contribution in [3.63, 3.8) is 0 Å². The van der Waals surface area contributed by atoms with Crippen LogP contribution in [0.25, 0.3) is 0 Å². The van der Waals surface area contributed by atoms with Gasteiger partial charge in [-0.15, -0.1) is 24.0 Å². The Hall–Kier alpha value is -1.76. The zero-order valence-electron chi connectivity index (χ0n) is 12.8. The zero-order valence-corrected chi connectivity index (χ0v) is 15.1. The number of nitrogens with two attached hydrogens (primary N) is 1. The van der Waals surface area contributed by atoms with Gasteiger partial charge in [0.1, 0.15) is 0 Å². The van der Waals surface area contributed by atoms with Gasteiger partial charge in [-0.3, -0.25) is 4.99 Å². The summed E-state index contributed by atoms with van der Waals surface area (Å²) in [5.74, 6) is 0.462. The molecule has 118 valence electrons. The summed E-state index contributed by atoms with van der Waals surface area (Å²) in [7, 11) is 2.09. The first-order valence-corrected chi connectivity index (χ1v) is 7.14. The molecule has 0 atom stereocenters. The molecule has 0 aromatic heterocycles. The van der Waals surface area contributed by atoms with Gasteiger partial charge in [-0.1, -0.05) is 36.4 Å². The van der Waals surface area contributed by atoms with E-state index in [0.29, 0.717) is 12.5 Å². The first-order valence-electron chi connectivity index (χ1n) is 7.14. The van der Waals surface area contributed by atoms with Crippen LogP contribution in [0.2, 0.25) is 0 Å². The number of rotatable bonds is 6. The lowest BCUT2D eigenvalue weighted by molar-refractivity contribution is 0.795. The van der Waals surface area contributed by atoms with E-state index in [9.17, 15) is 0 Å². The molecule has 0 saturated heterocycles. The summed E-state index contributed by atoms with van der Waals surface area (Å²) in [4.78, 5) is 6.56. The molecule has 3 N–H and O–H groups in total. The maximum absolute atomic E-state index is 5.86. The number of anilines is 2. The summed E-state index contributed by atoms with van der Waals surface area (Å²) in [6.45, 7) is 1.66. The van der Waals surface area contributed by atoms with E-state index in [1.165, 1.54) is 5.69 Å². The van der Waals surface area contributed by atoms with E-state index in [4.69, 9.17) is 5.73 Å². The van der Waals surface area contributed by atoms with Crippen molar-refractivity contribution >= 4 is 41.3 Å². The molecule has 0 aliphatic carbocycles. The summed E-state index contributed by atoms with van der Waals surface area (Å²) >= 11 is 0. The van der Waals surface area contributed by atoms with Crippen LogP contribution in [0.3, 0.4) is 0 Å². The second-order valence-electron chi connectivity index (χ2n) is 4.87. The van der Waals surface area contributed by atoms with E-state index in [1.807, 2.05) is 48.5 Å². The van der Waals surface area contributed by atoms with Crippen molar-refractivity contribution in [2.24, 2.45) is 10.7 Å². The lowest BCUT2D eigenvalue weighted by Crippen LogP contribution is -2.24. The second-order valence-corrected chi connectivity index (χ2v) is 4.87. The lowest BCUT2D eigenvalue weighted by Gasteiger charge is -2.18. The van der Waals surface area contributed by atoms with Crippen molar-refractivity contribution in [2.45, 2.75) is 6.42 Å². The molecular formula is C17H23IN4. The van der Waals surface area contributed by atoms with Gasteiger partial charge in [0.2, 0.25) is 0 Å². The van der Waals surface area contributed by atoms with Crippen LogP contribution in [0.5, 0.6) is 0 Å². The van der Waals surface area contributed by atoms with E-state index in [1.54, 1.807) is 0 Å². The minimum atomic E-state index is 0. The molecule has 4 nitrogen and oxygen atoms in total. The fourth-order valence-electron chi connectivity index (χ4n) is 2.03. The second kappa shape index (κ2) is 10.0. The van der Waals surface area contributed by atoms with Crippen molar-refractivity contribution < 1.29 is 0 Å². The van der Waals surface area contributed by atoms with Gasteiger partial charge in [0.05, 0.1) is 0 Å². The Morgan fingerprint density at radius 2 is 1.64 bits per heavy atom. The Morgan fingerprint density at radius 3 is 2.27 bits per heavy atom. The third-order valence-corrected chi connectivity index (χ3v) is 3.18. The van der Waals surface area contributed by atoms with Crippen LogP contribution in [0.15, 0.2) is 65.7 Å². The van der Waals surface area contributed by atoms with Crippen LogP contribution in [-0.4, -0.2) is 26.1 Å². The maximum atomic E-state index is 5.86. The zero-order chi connectivity index (χ0) is 14.9. The van der Waals surface area contributed by atoms with Gasteiger partial charge in [0.15, 0.2) is 5.96 Å². The van der Waals surface area contributed by atoms with Gasteiger partial charge in [-0.2, -0.15) is 0 Å². The number of benzene rings is 2. The lowest BCUT2D eigenvalue weighted by atomic mass is 10.3. The van der Waals surface area contributed by atoms with E-state index in [-0.39, 0.29) is 24.0 Å². The average Bonchev–Trinajstić information content (AvgIpc) is 2.53. The number of guanidine groups is 1. The van der Waals surface area contributed by atoms with E-state index < -0.39 is 0 Å². The van der Waals surface area contributed by atoms with Crippen LogP contribution in [0.4, 0.5) is 11.4 Å². The first kappa shape index (κ1) is 18.3. The number of aliphatic imine (C=N–C) groups is 1. The Balaban J connectivity index is 0.00000242. The molecule has 5 heteroatoms. The molecule has 2 aromatic carbocycles. The molecule has 0 radical (unpaired) electrons. The standard InChI is InChI=1S/C17H22N4.HI/c1-21(16-11-6-3-7-12-16)14-8-13-19-17(18)20-15-9-4-2-5-10-15;/h2-7,9-12H,8,13-14H2,1H3,(H3,18,19,20);1H. The van der Waals surface area contributed by atoms with E-state index >= 15 is 0 Å². The van der Waals surface area contributed by atoms with Crippen molar-refractivity contribution in [2.75, 3.05) is 30.4 Å². The Labute approximate surface area is 149 Å². The summed E-state index contributed by atoms with van der Waals surface area (Å²) < 4.78 is 0. The molecule has 22 heavy (non-hydrogen) atoms. The van der Waals surface area contributed by atoms with Crippen LogP contribution in [-0.2, 0) is 0 Å². The maximum Gasteiger partial charge on any atom is 0.193 e. The molecule has 2 aromatic rings. The number of hydrogen-bond acceptors (Lipinski definition) is 2. The summed E-state index contributed by atoms with van der Waals surface area (Å²) in [5, 5.41) is 3.08. The predicted molar refractivity (Wildman–Crippen MR) is 106 cm³/mol. The molecule has 0 fully saturated rings. The highest BCUT2D eigenvalue weighted by atomic mass is 127. The SMILES string of the molecule is CN(CCCN=C(N)Nc1ccccc1)c1ccccc1.I. The van der Waals surface area contributed by atoms with Gasteiger partial charge in [-0.25, -0.2) is 0 Å². The third-order valence-electron chi connectivity index (χ3n) is 3.18. The number of hydrogen-bond donors (Lipinski definition) is 2. The summed E-state index contributed by atoms with van der Waals surface area (Å²) in [6, 6.07) is 20.2. The Bertz CT molecular complexity index is 557. The average molecular weight is 410 g/mol. The molecule has 0 spiro atoms. The van der Waals surface area contributed by atoms with Gasteiger partial charge in [-0.05, 0) is 30.7 Å². The molecule has 0 bridgehead atoms. The minimum Gasteiger partial charge on any atom is -0.375 e. The van der Waals surface area contributed by atoms with Crippen LogP contribution in [0.1, 0.15) is 6.42 Å². The smallest absolute Gasteiger partial charge is 0.193 e. The Morgan fingerprint density at radius 1 is 1.05 bits per heavy atom. The first-order chi connectivity index (χ1) is 10.3. The van der Waals surface area contributed by atoms with Crippen molar-refractivity contribution in [1.29, 1.82) is 0 Å². The van der Waals surface area contributed by atoms with Gasteiger partial charge >= 0.3 is 0 Å². The largest absolute Gasteiger partial charge is 0.375 e. The molecule has 2 rings (SSSR count). The van der Waals surface area contributed by atoms with Crippen LogP contribution in [0, 0.1) is 0 Å². The fourth-order valence-corrected chi connectivity index (χ4v) is 2.03. The minimum absolute atomic E-state index is 0. The number of nitrogens with one attached hydrogen (secondary N) is 1. The number of halogens is 1. The summed E-state index contributed by atoms with van der Waals surface area (Å²) in [5.41, 5.74) is 8.04. The molecule has 0 amide bonds. The van der Waals surface area contributed by atoms with Crippen molar-refractivity contribution in [3.8, 4) is 0 Å². The molecule has 0 heterocycles. The highest BCUT2D eigenvalue weighted by molar-refractivity contribution is 14.0. The van der Waals surface area contributed by atoms with Crippen molar-refractivity contribution in [1.82, 2.24) is 0 Å². The highest BCUT2D eigenvalue weighted by Crippen LogP contribution is 2.10. The van der Waals surface area contributed by atoms with Gasteiger partial charge in [0.25, 0.3) is 0 Å². The molecule has 0 unspecified atom stereocenters. The third kappa shape index (κ3) is 6.34. The topological polar surface area (TPSA) is 53.6 Å². The summed E-state index contributed by atoms with van der Waals surface area (Å²) in [6.07, 6.45) is 0.961. The molecule has 0 aliphatic heterocycles. The monoisotopic (exact) mass is 410 g/mol. The van der Waals surface area contributed by atoms with Gasteiger partial charge < -0.3 is 16.0 Å². The van der Waals surface area contributed by atoms with E-state index in [0.717, 1.165) is 18.7 Å². The van der Waals surface area contributed by atoms with Crippen molar-refractivity contribution in [3.05, 3.63) is 60.7 Å². The fraction of sp³-hybridized carbons (Fsp3) is 0.235. The molecule has 0 aliphatic rings. The van der Waals surface area contributed by atoms with Crippen LogP contribution < -0.4 is 16.0 Å². The highest BCUT2D eigenvalue weighted by Gasteiger charge is 1.99. The number of para-hydroxylation sites is 2. The predicted octanol–water partition coefficient (Wildman–Crippen LogP) is 3.56. The molecular weight excluding hydrogens is 387 g/mol. The normalized spacial score (nSPS) is 10.7.